The Morgan fingerprint density at radius 3 is 2.81 bits per heavy atom. The maximum atomic E-state index is 15.5. The summed E-state index contributed by atoms with van der Waals surface area (Å²) in [5.74, 6) is -1.05. The Morgan fingerprint density at radius 1 is 1.31 bits per heavy atom. The third-order valence-corrected chi connectivity index (χ3v) is 6.33. The molecule has 13 nitrogen and oxygen atoms in total. The topological polar surface area (TPSA) is 145 Å². The number of carbonyl (C=O) groups excluding carboxylic acids is 3. The number of hydrogen-bond donors (Lipinski definition) is 3. The Bertz CT molecular complexity index is 1050. The number of amides is 4. The zero-order valence-electron chi connectivity index (χ0n) is 19.9. The number of H-pyrrole nitrogens is 1. The molecular formula is C21H28F2N8O5. The van der Waals surface area contributed by atoms with E-state index in [2.05, 4.69) is 26.0 Å². The number of aromatic amines is 1. The van der Waals surface area contributed by atoms with Crippen molar-refractivity contribution in [2.75, 3.05) is 39.3 Å². The highest BCUT2D eigenvalue weighted by Gasteiger charge is 2.48. The molecule has 2 saturated heterocycles. The van der Waals surface area contributed by atoms with Gasteiger partial charge in [-0.1, -0.05) is 0 Å². The first-order valence-corrected chi connectivity index (χ1v) is 11.4. The van der Waals surface area contributed by atoms with E-state index in [0.29, 0.717) is 5.69 Å². The van der Waals surface area contributed by atoms with E-state index in [1.807, 2.05) is 0 Å². The average molecular weight is 511 g/mol. The lowest BCUT2D eigenvalue weighted by Crippen LogP contribution is -2.56. The minimum atomic E-state index is -1.80. The fourth-order valence-electron chi connectivity index (χ4n) is 4.20. The summed E-state index contributed by atoms with van der Waals surface area (Å²) in [6.45, 7) is 3.47. The average Bonchev–Trinajstić information content (AvgIpc) is 3.42. The molecule has 0 spiro atoms. The fraction of sp³-hybridized carbons (Fsp3) is 0.571. The van der Waals surface area contributed by atoms with E-state index in [-0.39, 0.29) is 57.5 Å². The molecule has 2 aliphatic heterocycles. The Balaban J connectivity index is 1.38. The molecule has 0 saturated carbocycles. The minimum Gasteiger partial charge on any atom is -0.442 e. The van der Waals surface area contributed by atoms with Crippen LogP contribution in [0, 0.1) is 0 Å². The summed E-state index contributed by atoms with van der Waals surface area (Å²) in [6, 6.07) is -0.509. The first kappa shape index (κ1) is 25.5. The van der Waals surface area contributed by atoms with Crippen LogP contribution in [0.2, 0.25) is 0 Å². The molecule has 1 aliphatic carbocycles. The predicted octanol–water partition coefficient (Wildman–Crippen LogP) is 0.368. The van der Waals surface area contributed by atoms with Gasteiger partial charge in [-0.3, -0.25) is 19.4 Å². The van der Waals surface area contributed by atoms with Crippen molar-refractivity contribution in [1.82, 2.24) is 40.9 Å². The van der Waals surface area contributed by atoms with Crippen LogP contribution in [0.4, 0.5) is 18.4 Å². The molecule has 36 heavy (non-hydrogen) atoms. The molecule has 0 aromatic carbocycles. The molecule has 0 radical (unpaired) electrons. The summed E-state index contributed by atoms with van der Waals surface area (Å²) >= 11 is 0. The monoisotopic (exact) mass is 510 g/mol. The molecule has 4 amide bonds. The molecule has 3 N–H and O–H groups in total. The van der Waals surface area contributed by atoms with Gasteiger partial charge in [-0.05, 0) is 19.1 Å². The molecule has 1 aromatic rings. The number of ether oxygens (including phenoxy) is 1. The third kappa shape index (κ3) is 5.31. The Kier molecular flexibility index (Phi) is 7.49. The second-order valence-corrected chi connectivity index (χ2v) is 8.73. The predicted molar refractivity (Wildman–Crippen MR) is 119 cm³/mol. The Morgan fingerprint density at radius 2 is 2.11 bits per heavy atom. The number of aromatic nitrogens is 3. The number of nitrogens with one attached hydrogen (secondary N) is 3. The van der Waals surface area contributed by atoms with Crippen LogP contribution < -0.4 is 10.6 Å². The lowest BCUT2D eigenvalue weighted by Gasteiger charge is -2.42. The highest BCUT2D eigenvalue weighted by molar-refractivity contribution is 5.75. The van der Waals surface area contributed by atoms with Crippen LogP contribution in [0.25, 0.3) is 0 Å². The Hall–Kier alpha value is -3.59. The van der Waals surface area contributed by atoms with Crippen LogP contribution in [-0.2, 0) is 20.9 Å². The smallest absolute Gasteiger partial charge is 0.414 e. The molecule has 15 heteroatoms. The van der Waals surface area contributed by atoms with E-state index in [1.54, 1.807) is 4.90 Å². The SMILES string of the molecule is CC(=O)NC[C@H]1CN(C2=CC(F)C(C)(N3CCON(C(=O)NCc4cn[nH]n4)CC3)C(F)=C2)C(=O)O1. The molecule has 0 bridgehead atoms. The summed E-state index contributed by atoms with van der Waals surface area (Å²) in [5, 5.41) is 16.3. The van der Waals surface area contributed by atoms with Crippen LogP contribution in [0.1, 0.15) is 19.5 Å². The van der Waals surface area contributed by atoms with Crippen molar-refractivity contribution in [3.8, 4) is 0 Å². The lowest BCUT2D eigenvalue weighted by molar-refractivity contribution is -0.119. The van der Waals surface area contributed by atoms with Crippen molar-refractivity contribution < 1.29 is 32.7 Å². The van der Waals surface area contributed by atoms with E-state index >= 15 is 8.78 Å². The van der Waals surface area contributed by atoms with Gasteiger partial charge >= 0.3 is 12.1 Å². The van der Waals surface area contributed by atoms with Crippen molar-refractivity contribution in [3.05, 3.63) is 35.6 Å². The fourth-order valence-corrected chi connectivity index (χ4v) is 4.20. The number of rotatable bonds is 6. The first-order chi connectivity index (χ1) is 17.2. The van der Waals surface area contributed by atoms with E-state index in [0.717, 1.165) is 16.0 Å². The van der Waals surface area contributed by atoms with E-state index in [4.69, 9.17) is 9.57 Å². The number of hydroxylamine groups is 2. The molecule has 3 atom stereocenters. The van der Waals surface area contributed by atoms with Crippen LogP contribution in [0.5, 0.6) is 0 Å². The van der Waals surface area contributed by atoms with Gasteiger partial charge in [0.1, 0.15) is 29.3 Å². The Labute approximate surface area is 205 Å². The van der Waals surface area contributed by atoms with E-state index in [9.17, 15) is 14.4 Å². The zero-order valence-corrected chi connectivity index (χ0v) is 19.9. The van der Waals surface area contributed by atoms with Crippen LogP contribution >= 0.6 is 0 Å². The van der Waals surface area contributed by atoms with Gasteiger partial charge in [0.05, 0.1) is 39.0 Å². The number of cyclic esters (lactones) is 1. The summed E-state index contributed by atoms with van der Waals surface area (Å²) < 4.78 is 36.2. The second kappa shape index (κ2) is 10.6. The van der Waals surface area contributed by atoms with Crippen molar-refractivity contribution in [2.45, 2.75) is 38.2 Å². The zero-order chi connectivity index (χ0) is 25.9. The third-order valence-electron chi connectivity index (χ3n) is 6.33. The number of alkyl halides is 1. The normalized spacial score (nSPS) is 27.2. The molecule has 3 heterocycles. The summed E-state index contributed by atoms with van der Waals surface area (Å²) in [5.41, 5.74) is -1.07. The number of carbonyl (C=O) groups is 3. The lowest BCUT2D eigenvalue weighted by atomic mass is 9.86. The number of allylic oxidation sites excluding steroid dienone is 1. The maximum absolute atomic E-state index is 15.5. The second-order valence-electron chi connectivity index (χ2n) is 8.73. The number of nitrogens with zero attached hydrogens (tertiary/aromatic N) is 5. The largest absolute Gasteiger partial charge is 0.442 e. The maximum Gasteiger partial charge on any atom is 0.414 e. The minimum absolute atomic E-state index is 0.0345. The molecule has 4 rings (SSSR count). The van der Waals surface area contributed by atoms with E-state index < -0.39 is 35.8 Å². The molecule has 1 aromatic heterocycles. The highest BCUT2D eigenvalue weighted by Crippen LogP contribution is 2.38. The van der Waals surface area contributed by atoms with Crippen molar-refractivity contribution in [2.24, 2.45) is 0 Å². The number of halogens is 2. The molecule has 196 valence electrons. The van der Waals surface area contributed by atoms with Gasteiger partial charge in [0.25, 0.3) is 0 Å². The van der Waals surface area contributed by atoms with Crippen LogP contribution in [0.15, 0.2) is 29.9 Å². The van der Waals surface area contributed by atoms with Crippen LogP contribution in [0.3, 0.4) is 0 Å². The number of urea groups is 1. The molecular weight excluding hydrogens is 482 g/mol. The van der Waals surface area contributed by atoms with Gasteiger partial charge in [0.2, 0.25) is 5.91 Å². The van der Waals surface area contributed by atoms with Gasteiger partial charge in [-0.15, -0.1) is 0 Å². The highest BCUT2D eigenvalue weighted by atomic mass is 19.1. The summed E-state index contributed by atoms with van der Waals surface area (Å²) in [6.07, 6.45) is 0.595. The van der Waals surface area contributed by atoms with Crippen LogP contribution in [-0.4, -0.2) is 105 Å². The van der Waals surface area contributed by atoms with Gasteiger partial charge in [0.15, 0.2) is 0 Å². The quantitative estimate of drug-likeness (QED) is 0.498. The van der Waals surface area contributed by atoms with Gasteiger partial charge in [-0.2, -0.15) is 15.4 Å². The molecule has 3 aliphatic rings. The summed E-state index contributed by atoms with van der Waals surface area (Å²) in [4.78, 5) is 44.0. The summed E-state index contributed by atoms with van der Waals surface area (Å²) in [7, 11) is 0. The van der Waals surface area contributed by atoms with E-state index in [1.165, 1.54) is 26.1 Å². The standard InChI is InChI=1S/C21H28F2N8O5/c1-13(32)24-11-16-12-30(20(34)36-16)15-7-17(22)21(2,18(23)8-15)29-3-4-31(35-6-5-29)19(33)25-9-14-10-26-28-27-14/h7-8,10,16-17H,3-6,9,11-12H2,1-2H3,(H,24,32)(H,25,33)(H,26,27,28)/t16-,17?,21?/m0/s1. The van der Waals surface area contributed by atoms with Gasteiger partial charge in [-0.25, -0.2) is 23.4 Å². The first-order valence-electron chi connectivity index (χ1n) is 11.4. The molecule has 2 fully saturated rings. The van der Waals surface area contributed by atoms with Crippen molar-refractivity contribution >= 4 is 18.0 Å². The number of hydrogen-bond acceptors (Lipinski definition) is 8. The molecule has 2 unspecified atom stereocenters. The van der Waals surface area contributed by atoms with Crippen molar-refractivity contribution in [3.63, 3.8) is 0 Å². The van der Waals surface area contributed by atoms with Gasteiger partial charge < -0.3 is 15.4 Å². The van der Waals surface area contributed by atoms with Crippen molar-refractivity contribution in [1.29, 1.82) is 0 Å². The van der Waals surface area contributed by atoms with Gasteiger partial charge in [0, 0.05) is 25.7 Å².